The molecule has 1 aromatic carbocycles. The van der Waals surface area contributed by atoms with Crippen molar-refractivity contribution in [2.24, 2.45) is 0 Å². The molecular formula is C18H22N6OS3. The quantitative estimate of drug-likeness (QED) is 0.532. The Kier molecular flexibility index (Phi) is 7.08. The number of aromatic nitrogens is 5. The summed E-state index contributed by atoms with van der Waals surface area (Å²) in [6.45, 7) is 8.59. The average molecular weight is 435 g/mol. The molecule has 1 atom stereocenters. The Morgan fingerprint density at radius 1 is 1.18 bits per heavy atom. The van der Waals surface area contributed by atoms with Gasteiger partial charge in [-0.1, -0.05) is 40.8 Å². The predicted octanol–water partition coefficient (Wildman–Crippen LogP) is 4.18. The summed E-state index contributed by atoms with van der Waals surface area (Å²) in [4.78, 5) is 13.6. The highest BCUT2D eigenvalue weighted by atomic mass is 32.2. The van der Waals surface area contributed by atoms with Gasteiger partial charge in [-0.3, -0.25) is 10.1 Å². The minimum absolute atomic E-state index is 0.123. The zero-order valence-electron chi connectivity index (χ0n) is 16.2. The number of anilines is 1. The summed E-state index contributed by atoms with van der Waals surface area (Å²) in [6.07, 6.45) is 0. The first-order chi connectivity index (χ1) is 13.5. The van der Waals surface area contributed by atoms with Crippen molar-refractivity contribution in [2.75, 3.05) is 5.32 Å². The van der Waals surface area contributed by atoms with E-state index in [9.17, 15) is 4.79 Å². The number of aryl methyl sites for hydroxylation is 2. The molecule has 1 N–H and O–H groups in total. The largest absolute Gasteiger partial charge is 0.306 e. The van der Waals surface area contributed by atoms with Crippen LogP contribution in [0.2, 0.25) is 0 Å². The molecular weight excluding hydrogens is 412 g/mol. The van der Waals surface area contributed by atoms with Crippen LogP contribution < -0.4 is 5.32 Å². The normalized spacial score (nSPS) is 12.1. The van der Waals surface area contributed by atoms with E-state index in [1.165, 1.54) is 33.6 Å². The van der Waals surface area contributed by atoms with E-state index in [-0.39, 0.29) is 11.2 Å². The number of thioether (sulfide) groups is 2. The number of amides is 1. The number of rotatable bonds is 8. The summed E-state index contributed by atoms with van der Waals surface area (Å²) >= 11 is 4.48. The summed E-state index contributed by atoms with van der Waals surface area (Å²) < 4.78 is 2.06. The zero-order chi connectivity index (χ0) is 20.1. The van der Waals surface area contributed by atoms with Crippen molar-refractivity contribution in [1.29, 1.82) is 0 Å². The van der Waals surface area contributed by atoms with Gasteiger partial charge in [-0.05, 0) is 39.8 Å². The molecule has 1 unspecified atom stereocenters. The molecule has 0 saturated carbocycles. The maximum Gasteiger partial charge on any atom is 0.239 e. The predicted molar refractivity (Wildman–Crippen MR) is 115 cm³/mol. The van der Waals surface area contributed by atoms with Crippen molar-refractivity contribution < 1.29 is 4.79 Å². The third-order valence-corrected chi connectivity index (χ3v) is 6.75. The molecule has 0 aliphatic rings. The first kappa shape index (κ1) is 20.8. The second kappa shape index (κ2) is 9.53. The summed E-state index contributed by atoms with van der Waals surface area (Å²) in [5.74, 6) is 1.51. The molecule has 1 amide bonds. The Labute approximate surface area is 176 Å². The summed E-state index contributed by atoms with van der Waals surface area (Å²) in [5, 5.41) is 21.0. The van der Waals surface area contributed by atoms with Crippen LogP contribution >= 0.6 is 34.9 Å². The number of carbonyl (C=O) groups excluding carboxylic acids is 1. The molecule has 0 aliphatic heterocycles. The number of carbonyl (C=O) groups is 1. The van der Waals surface area contributed by atoms with Crippen LogP contribution in [0.15, 0.2) is 34.3 Å². The second-order valence-electron chi connectivity index (χ2n) is 6.12. The molecule has 2 heterocycles. The number of benzene rings is 1. The summed E-state index contributed by atoms with van der Waals surface area (Å²) in [5.41, 5.74) is 1.25. The Bertz CT molecular complexity index is 937. The van der Waals surface area contributed by atoms with Crippen LogP contribution in [0.25, 0.3) is 0 Å². The topological polar surface area (TPSA) is 85.6 Å². The number of nitrogens with one attached hydrogen (secondary N) is 1. The maximum absolute atomic E-state index is 12.4. The van der Waals surface area contributed by atoms with Crippen molar-refractivity contribution in [3.05, 3.63) is 40.7 Å². The lowest BCUT2D eigenvalue weighted by Crippen LogP contribution is -2.23. The van der Waals surface area contributed by atoms with Crippen LogP contribution in [0.5, 0.6) is 0 Å². The van der Waals surface area contributed by atoms with Gasteiger partial charge >= 0.3 is 0 Å². The van der Waals surface area contributed by atoms with Crippen LogP contribution in [-0.2, 0) is 17.1 Å². The Morgan fingerprint density at radius 3 is 2.57 bits per heavy atom. The van der Waals surface area contributed by atoms with Crippen LogP contribution in [0, 0.1) is 13.8 Å². The molecule has 0 bridgehead atoms. The average Bonchev–Trinajstić information content (AvgIpc) is 3.26. The van der Waals surface area contributed by atoms with Crippen LogP contribution in [0.4, 0.5) is 5.13 Å². The Hall–Kier alpha value is -1.91. The lowest BCUT2D eigenvalue weighted by Gasteiger charge is -2.11. The smallest absolute Gasteiger partial charge is 0.239 e. The van der Waals surface area contributed by atoms with Gasteiger partial charge in [0.2, 0.25) is 11.0 Å². The van der Waals surface area contributed by atoms with Gasteiger partial charge in [0.1, 0.15) is 10.8 Å². The van der Waals surface area contributed by atoms with Gasteiger partial charge in [-0.25, -0.2) is 0 Å². The third kappa shape index (κ3) is 5.33. The summed E-state index contributed by atoms with van der Waals surface area (Å²) in [7, 11) is 0. The van der Waals surface area contributed by atoms with Gasteiger partial charge in [0.25, 0.3) is 0 Å². The molecule has 0 spiro atoms. The van der Waals surface area contributed by atoms with Crippen molar-refractivity contribution in [1.82, 2.24) is 25.0 Å². The third-order valence-electron chi connectivity index (χ3n) is 3.91. The molecule has 28 heavy (non-hydrogen) atoms. The van der Waals surface area contributed by atoms with Crippen LogP contribution in [0.3, 0.4) is 0 Å². The van der Waals surface area contributed by atoms with E-state index in [2.05, 4.69) is 68.4 Å². The van der Waals surface area contributed by atoms with E-state index in [4.69, 9.17) is 0 Å². The fraction of sp³-hybridized carbons (Fsp3) is 0.389. The van der Waals surface area contributed by atoms with Crippen LogP contribution in [0.1, 0.15) is 30.2 Å². The van der Waals surface area contributed by atoms with Gasteiger partial charge < -0.3 is 4.57 Å². The van der Waals surface area contributed by atoms with Crippen molar-refractivity contribution in [2.45, 2.75) is 55.3 Å². The van der Waals surface area contributed by atoms with Crippen molar-refractivity contribution in [3.63, 3.8) is 0 Å². The number of hydrogen-bond donors (Lipinski definition) is 1. The molecule has 0 radical (unpaired) electrons. The van der Waals surface area contributed by atoms with E-state index in [0.717, 1.165) is 28.3 Å². The van der Waals surface area contributed by atoms with Gasteiger partial charge in [0, 0.05) is 11.4 Å². The number of hydrogen-bond acceptors (Lipinski definition) is 8. The van der Waals surface area contributed by atoms with Crippen LogP contribution in [-0.4, -0.2) is 36.1 Å². The molecule has 3 rings (SSSR count). The standard InChI is InChI=1S/C18H22N6OS3/c1-5-24-15(10-26-14-8-6-11(2)7-9-14)21-23-18(24)27-12(3)16(25)19-17-22-20-13(4)28-17/h6-9,12H,5,10H2,1-4H3,(H,19,22,25). The van der Waals surface area contributed by atoms with Crippen molar-refractivity contribution >= 4 is 45.9 Å². The fourth-order valence-corrected chi connectivity index (χ4v) is 4.74. The minimum atomic E-state index is -0.323. The highest BCUT2D eigenvalue weighted by Crippen LogP contribution is 2.27. The lowest BCUT2D eigenvalue weighted by molar-refractivity contribution is -0.115. The Balaban J connectivity index is 1.62. The second-order valence-corrected chi connectivity index (χ2v) is 9.66. The molecule has 0 saturated heterocycles. The SMILES string of the molecule is CCn1c(CSc2ccc(C)cc2)nnc1SC(C)C(=O)Nc1nnc(C)s1. The molecule has 2 aromatic heterocycles. The van der Waals surface area contributed by atoms with Gasteiger partial charge in [-0.15, -0.1) is 32.2 Å². The van der Waals surface area contributed by atoms with E-state index in [1.807, 2.05) is 13.8 Å². The van der Waals surface area contributed by atoms with E-state index < -0.39 is 0 Å². The van der Waals surface area contributed by atoms with Gasteiger partial charge in [-0.2, -0.15) is 0 Å². The van der Waals surface area contributed by atoms with Gasteiger partial charge in [0.15, 0.2) is 5.16 Å². The Morgan fingerprint density at radius 2 is 1.93 bits per heavy atom. The van der Waals surface area contributed by atoms with E-state index in [0.29, 0.717) is 5.13 Å². The molecule has 3 aromatic rings. The maximum atomic E-state index is 12.4. The minimum Gasteiger partial charge on any atom is -0.306 e. The first-order valence-corrected chi connectivity index (χ1v) is 11.5. The van der Waals surface area contributed by atoms with E-state index in [1.54, 1.807) is 11.8 Å². The monoisotopic (exact) mass is 434 g/mol. The zero-order valence-corrected chi connectivity index (χ0v) is 18.6. The van der Waals surface area contributed by atoms with E-state index >= 15 is 0 Å². The van der Waals surface area contributed by atoms with Gasteiger partial charge in [0.05, 0.1) is 11.0 Å². The van der Waals surface area contributed by atoms with Crippen molar-refractivity contribution in [3.8, 4) is 0 Å². The lowest BCUT2D eigenvalue weighted by atomic mass is 10.2. The highest BCUT2D eigenvalue weighted by molar-refractivity contribution is 8.00. The number of nitrogens with zero attached hydrogens (tertiary/aromatic N) is 5. The molecule has 0 fully saturated rings. The highest BCUT2D eigenvalue weighted by Gasteiger charge is 2.20. The molecule has 148 valence electrons. The summed E-state index contributed by atoms with van der Waals surface area (Å²) in [6, 6.07) is 8.44. The molecule has 0 aliphatic carbocycles. The first-order valence-electron chi connectivity index (χ1n) is 8.85. The fourth-order valence-electron chi connectivity index (χ4n) is 2.38. The molecule has 7 nitrogen and oxygen atoms in total. The molecule has 10 heteroatoms.